The van der Waals surface area contributed by atoms with Gasteiger partial charge in [0.1, 0.15) is 5.02 Å². The third kappa shape index (κ3) is 4.92. The average Bonchev–Trinajstić information content (AvgIpc) is 3.62. The van der Waals surface area contributed by atoms with E-state index >= 15 is 0 Å². The SMILES string of the molecule is N#Cc1ccc(SN2CCC(n3ncc(NCC4CCCOC4)c(Cl)c3=O)CC23CC3)cc1. The lowest BCUT2D eigenvalue weighted by Crippen LogP contribution is -2.43. The summed E-state index contributed by atoms with van der Waals surface area (Å²) >= 11 is 8.23. The van der Waals surface area contributed by atoms with Crippen molar-refractivity contribution in [3.63, 3.8) is 0 Å². The Labute approximate surface area is 203 Å². The van der Waals surface area contributed by atoms with E-state index in [1.54, 1.807) is 22.8 Å². The van der Waals surface area contributed by atoms with Crippen molar-refractivity contribution in [2.45, 2.75) is 55.0 Å². The van der Waals surface area contributed by atoms with Crippen molar-refractivity contribution in [3.8, 4) is 6.07 Å². The van der Waals surface area contributed by atoms with Crippen molar-refractivity contribution < 1.29 is 4.74 Å². The molecule has 1 spiro atoms. The fourth-order valence-electron chi connectivity index (χ4n) is 4.86. The lowest BCUT2D eigenvalue weighted by molar-refractivity contribution is 0.0595. The van der Waals surface area contributed by atoms with Gasteiger partial charge in [0.05, 0.1) is 36.2 Å². The third-order valence-corrected chi connectivity index (χ3v) is 8.60. The molecule has 1 saturated carbocycles. The van der Waals surface area contributed by atoms with Crippen molar-refractivity contribution >= 4 is 29.2 Å². The molecule has 1 aromatic carbocycles. The minimum absolute atomic E-state index is 0.0520. The van der Waals surface area contributed by atoms with Gasteiger partial charge < -0.3 is 10.1 Å². The van der Waals surface area contributed by atoms with E-state index in [9.17, 15) is 4.79 Å². The molecule has 3 fully saturated rings. The van der Waals surface area contributed by atoms with Gasteiger partial charge in [-0.25, -0.2) is 8.99 Å². The van der Waals surface area contributed by atoms with Crippen LogP contribution >= 0.6 is 23.5 Å². The van der Waals surface area contributed by atoms with Crippen LogP contribution in [0.2, 0.25) is 5.02 Å². The van der Waals surface area contributed by atoms with Gasteiger partial charge in [-0.05, 0) is 80.7 Å². The summed E-state index contributed by atoms with van der Waals surface area (Å²) in [6.45, 7) is 3.19. The number of hydrogen-bond acceptors (Lipinski definition) is 7. The van der Waals surface area contributed by atoms with E-state index in [2.05, 4.69) is 20.8 Å². The number of piperidine rings is 1. The topological polar surface area (TPSA) is 83.2 Å². The summed E-state index contributed by atoms with van der Waals surface area (Å²) in [5.74, 6) is 0.435. The van der Waals surface area contributed by atoms with Crippen molar-refractivity contribution in [2.75, 3.05) is 31.6 Å². The second-order valence-electron chi connectivity index (χ2n) is 9.29. The Morgan fingerprint density at radius 3 is 2.82 bits per heavy atom. The molecule has 9 heteroatoms. The van der Waals surface area contributed by atoms with E-state index in [-0.39, 0.29) is 22.2 Å². The highest BCUT2D eigenvalue weighted by atomic mass is 35.5. The molecular formula is C24H28ClN5O2S. The van der Waals surface area contributed by atoms with Crippen LogP contribution in [0.15, 0.2) is 40.2 Å². The zero-order valence-electron chi connectivity index (χ0n) is 18.5. The third-order valence-electron chi connectivity index (χ3n) is 6.96. The highest BCUT2D eigenvalue weighted by Gasteiger charge is 2.52. The number of halogens is 1. The fraction of sp³-hybridized carbons (Fsp3) is 0.542. The normalized spacial score (nSPS) is 24.4. The van der Waals surface area contributed by atoms with Crippen LogP contribution in [0.3, 0.4) is 0 Å². The molecule has 2 aromatic rings. The van der Waals surface area contributed by atoms with E-state index in [1.165, 1.54) is 0 Å². The van der Waals surface area contributed by atoms with E-state index in [4.69, 9.17) is 21.6 Å². The number of benzene rings is 1. The van der Waals surface area contributed by atoms with Gasteiger partial charge in [0.25, 0.3) is 5.56 Å². The van der Waals surface area contributed by atoms with Crippen molar-refractivity contribution in [1.29, 1.82) is 5.26 Å². The van der Waals surface area contributed by atoms with Crippen LogP contribution in [-0.4, -0.2) is 45.9 Å². The zero-order valence-corrected chi connectivity index (χ0v) is 20.1. The smallest absolute Gasteiger partial charge is 0.287 e. The van der Waals surface area contributed by atoms with E-state index in [0.29, 0.717) is 17.2 Å². The molecule has 3 heterocycles. The Kier molecular flexibility index (Phi) is 6.66. The number of nitriles is 1. The van der Waals surface area contributed by atoms with Gasteiger partial charge in [-0.3, -0.25) is 4.79 Å². The molecule has 33 heavy (non-hydrogen) atoms. The number of nitrogens with zero attached hydrogens (tertiary/aromatic N) is 4. The number of rotatable bonds is 6. The van der Waals surface area contributed by atoms with Gasteiger partial charge in [0, 0.05) is 30.1 Å². The van der Waals surface area contributed by atoms with Crippen LogP contribution < -0.4 is 10.9 Å². The number of hydrogen-bond donors (Lipinski definition) is 1. The van der Waals surface area contributed by atoms with Gasteiger partial charge in [0.2, 0.25) is 0 Å². The second-order valence-corrected chi connectivity index (χ2v) is 10.8. The summed E-state index contributed by atoms with van der Waals surface area (Å²) in [5.41, 5.74) is 1.17. The maximum Gasteiger partial charge on any atom is 0.287 e. The molecule has 2 aliphatic heterocycles. The number of aromatic nitrogens is 2. The maximum absolute atomic E-state index is 13.1. The Balaban J connectivity index is 1.24. The molecule has 2 atom stereocenters. The predicted molar refractivity (Wildman–Crippen MR) is 129 cm³/mol. The molecule has 2 unspecified atom stereocenters. The van der Waals surface area contributed by atoms with Crippen molar-refractivity contribution in [2.24, 2.45) is 5.92 Å². The van der Waals surface area contributed by atoms with Crippen LogP contribution in [0.4, 0.5) is 5.69 Å². The molecule has 7 nitrogen and oxygen atoms in total. The van der Waals surface area contributed by atoms with Crippen LogP contribution in [0.25, 0.3) is 0 Å². The average molecular weight is 486 g/mol. The summed E-state index contributed by atoms with van der Waals surface area (Å²) in [6, 6.07) is 9.94. The Hall–Kier alpha value is -2.05. The molecule has 2 saturated heterocycles. The van der Waals surface area contributed by atoms with Crippen molar-refractivity contribution in [3.05, 3.63) is 51.4 Å². The Morgan fingerprint density at radius 2 is 2.12 bits per heavy atom. The van der Waals surface area contributed by atoms with Gasteiger partial charge in [-0.2, -0.15) is 10.4 Å². The van der Waals surface area contributed by atoms with Crippen LogP contribution in [0.1, 0.15) is 50.1 Å². The van der Waals surface area contributed by atoms with E-state index in [0.717, 1.165) is 69.7 Å². The largest absolute Gasteiger partial charge is 0.382 e. The molecule has 5 rings (SSSR count). The lowest BCUT2D eigenvalue weighted by Gasteiger charge is -2.39. The Bertz CT molecular complexity index is 1090. The lowest BCUT2D eigenvalue weighted by atomic mass is 9.97. The molecule has 0 bridgehead atoms. The zero-order chi connectivity index (χ0) is 22.8. The summed E-state index contributed by atoms with van der Waals surface area (Å²) in [6.07, 6.45) is 7.88. The van der Waals surface area contributed by atoms with Gasteiger partial charge >= 0.3 is 0 Å². The summed E-state index contributed by atoms with van der Waals surface area (Å²) < 4.78 is 9.59. The quantitative estimate of drug-likeness (QED) is 0.604. The monoisotopic (exact) mass is 485 g/mol. The molecule has 0 amide bonds. The number of ether oxygens (including phenoxy) is 1. The van der Waals surface area contributed by atoms with E-state index < -0.39 is 0 Å². The molecule has 3 aliphatic rings. The highest BCUT2D eigenvalue weighted by Crippen LogP contribution is 2.54. The second kappa shape index (κ2) is 9.67. The minimum Gasteiger partial charge on any atom is -0.382 e. The van der Waals surface area contributed by atoms with Gasteiger partial charge in [-0.1, -0.05) is 11.6 Å². The first-order valence-corrected chi connectivity index (χ1v) is 12.8. The van der Waals surface area contributed by atoms with Crippen molar-refractivity contribution in [1.82, 2.24) is 14.1 Å². The summed E-state index contributed by atoms with van der Waals surface area (Å²) in [7, 11) is 0. The minimum atomic E-state index is -0.212. The van der Waals surface area contributed by atoms with Crippen LogP contribution in [-0.2, 0) is 4.74 Å². The highest BCUT2D eigenvalue weighted by molar-refractivity contribution is 7.97. The summed E-state index contributed by atoms with van der Waals surface area (Å²) in [4.78, 5) is 14.2. The molecule has 174 valence electrons. The van der Waals surface area contributed by atoms with Crippen LogP contribution in [0.5, 0.6) is 0 Å². The summed E-state index contributed by atoms with van der Waals surface area (Å²) in [5, 5.41) is 17.1. The molecule has 1 N–H and O–H groups in total. The maximum atomic E-state index is 13.1. The first-order chi connectivity index (χ1) is 16.1. The molecule has 1 aromatic heterocycles. The van der Waals surface area contributed by atoms with Gasteiger partial charge in [0.15, 0.2) is 0 Å². The first kappa shape index (κ1) is 22.7. The standard InChI is InChI=1S/C24H28ClN5O2S/c25-22-21(27-14-18-2-1-11-32-16-18)15-28-30(23(22)31)19-7-10-29(24(12-19)8-9-24)33-20-5-3-17(13-26)4-6-20/h3-6,15,18-19,27H,1-2,7-12,14,16H2. The molecular weight excluding hydrogens is 458 g/mol. The van der Waals surface area contributed by atoms with Crippen LogP contribution in [0, 0.1) is 17.2 Å². The molecule has 0 radical (unpaired) electrons. The van der Waals surface area contributed by atoms with Gasteiger partial charge in [-0.15, -0.1) is 0 Å². The predicted octanol–water partition coefficient (Wildman–Crippen LogP) is 4.48. The number of nitrogens with one attached hydrogen (secondary N) is 1. The number of anilines is 1. The first-order valence-electron chi connectivity index (χ1n) is 11.6. The Morgan fingerprint density at radius 1 is 1.30 bits per heavy atom. The molecule has 1 aliphatic carbocycles. The fourth-order valence-corrected chi connectivity index (χ4v) is 6.23. The van der Waals surface area contributed by atoms with E-state index in [1.807, 2.05) is 24.3 Å².